The molecule has 0 aliphatic carbocycles. The van der Waals surface area contributed by atoms with Gasteiger partial charge in [0, 0.05) is 17.2 Å². The van der Waals surface area contributed by atoms with Crippen LogP contribution in [0.5, 0.6) is 0 Å². The van der Waals surface area contributed by atoms with E-state index in [-0.39, 0.29) is 17.1 Å². The number of hydrogen-bond donors (Lipinski definition) is 1. The van der Waals surface area contributed by atoms with Crippen LogP contribution in [0.1, 0.15) is 18.1 Å². The van der Waals surface area contributed by atoms with Gasteiger partial charge in [0.25, 0.3) is 0 Å². The fraction of sp³-hybridized carbons (Fsp3) is 0.286. The Bertz CT molecular complexity index is 865. The molecule has 1 heterocycles. The highest BCUT2D eigenvalue weighted by Gasteiger charge is 2.36. The number of benzene rings is 2. The van der Waals surface area contributed by atoms with Crippen LogP contribution in [0, 0.1) is 11.3 Å². The summed E-state index contributed by atoms with van der Waals surface area (Å²) in [6, 6.07) is 18.3. The zero-order valence-electron chi connectivity index (χ0n) is 15.5. The molecule has 1 aliphatic rings. The summed E-state index contributed by atoms with van der Waals surface area (Å²) in [6.07, 6.45) is 0. The van der Waals surface area contributed by atoms with Crippen LogP contribution in [0.25, 0.3) is 0 Å². The SMILES string of the molecule is CC(SCc1ccccc1)C(=O)N1CSCC1C(=O)Nc1ccc(C#N)cc1. The Balaban J connectivity index is 1.58. The lowest BCUT2D eigenvalue weighted by molar-refractivity contribution is -0.135. The molecule has 2 aromatic rings. The molecule has 0 bridgehead atoms. The van der Waals surface area contributed by atoms with E-state index < -0.39 is 6.04 Å². The van der Waals surface area contributed by atoms with Gasteiger partial charge >= 0.3 is 0 Å². The first kappa shape index (κ1) is 20.3. The first-order valence-corrected chi connectivity index (χ1v) is 11.1. The maximum absolute atomic E-state index is 12.9. The average molecular weight is 412 g/mol. The lowest BCUT2D eigenvalue weighted by Crippen LogP contribution is -2.47. The van der Waals surface area contributed by atoms with Gasteiger partial charge in [0.1, 0.15) is 6.04 Å². The van der Waals surface area contributed by atoms with Crippen LogP contribution in [0.2, 0.25) is 0 Å². The summed E-state index contributed by atoms with van der Waals surface area (Å²) in [6.45, 7) is 1.90. The molecule has 0 radical (unpaired) electrons. The molecule has 1 fully saturated rings. The smallest absolute Gasteiger partial charge is 0.248 e. The third-order valence-electron chi connectivity index (χ3n) is 4.44. The van der Waals surface area contributed by atoms with Crippen LogP contribution >= 0.6 is 23.5 Å². The zero-order chi connectivity index (χ0) is 19.9. The van der Waals surface area contributed by atoms with Crippen molar-refractivity contribution in [2.24, 2.45) is 0 Å². The molecule has 3 rings (SSSR count). The number of rotatable bonds is 6. The Kier molecular flexibility index (Phi) is 7.01. The summed E-state index contributed by atoms with van der Waals surface area (Å²) in [4.78, 5) is 27.3. The molecule has 0 aromatic heterocycles. The number of carbonyl (C=O) groups is 2. The Labute approximate surface area is 173 Å². The summed E-state index contributed by atoms with van der Waals surface area (Å²) >= 11 is 3.17. The van der Waals surface area contributed by atoms with E-state index in [1.165, 1.54) is 5.56 Å². The maximum Gasteiger partial charge on any atom is 0.248 e. The zero-order valence-corrected chi connectivity index (χ0v) is 17.1. The summed E-state index contributed by atoms with van der Waals surface area (Å²) in [5, 5.41) is 11.5. The maximum atomic E-state index is 12.9. The van der Waals surface area contributed by atoms with Gasteiger partial charge in [-0.15, -0.1) is 23.5 Å². The number of amides is 2. The standard InChI is InChI=1S/C21H21N3O2S2/c1-15(28-12-17-5-3-2-4-6-17)21(26)24-14-27-13-19(24)20(25)23-18-9-7-16(11-22)8-10-18/h2-10,15,19H,12-14H2,1H3,(H,23,25). The van der Waals surface area contributed by atoms with Crippen molar-refractivity contribution in [1.82, 2.24) is 4.90 Å². The molecule has 28 heavy (non-hydrogen) atoms. The van der Waals surface area contributed by atoms with Crippen LogP contribution in [0.15, 0.2) is 54.6 Å². The highest BCUT2D eigenvalue weighted by atomic mass is 32.2. The van der Waals surface area contributed by atoms with Crippen molar-refractivity contribution in [3.8, 4) is 6.07 Å². The fourth-order valence-corrected chi connectivity index (χ4v) is 4.91. The number of carbonyl (C=O) groups excluding carboxylic acids is 2. The van der Waals surface area contributed by atoms with Crippen molar-refractivity contribution in [3.63, 3.8) is 0 Å². The molecular formula is C21H21N3O2S2. The number of nitriles is 1. The molecule has 1 saturated heterocycles. The first-order chi connectivity index (χ1) is 13.6. The number of nitrogens with zero attached hydrogens (tertiary/aromatic N) is 2. The van der Waals surface area contributed by atoms with Gasteiger partial charge in [-0.25, -0.2) is 0 Å². The average Bonchev–Trinajstić information content (AvgIpc) is 3.23. The van der Waals surface area contributed by atoms with Crippen molar-refractivity contribution < 1.29 is 9.59 Å². The fourth-order valence-electron chi connectivity index (χ4n) is 2.83. The minimum atomic E-state index is -0.479. The Morgan fingerprint density at radius 3 is 2.64 bits per heavy atom. The predicted molar refractivity (Wildman–Crippen MR) is 115 cm³/mol. The van der Waals surface area contributed by atoms with Crippen LogP contribution in [-0.4, -0.2) is 39.6 Å². The van der Waals surface area contributed by atoms with Crippen molar-refractivity contribution in [1.29, 1.82) is 5.26 Å². The van der Waals surface area contributed by atoms with Gasteiger partial charge < -0.3 is 10.2 Å². The third kappa shape index (κ3) is 5.09. The molecule has 144 valence electrons. The second-order valence-corrected chi connectivity index (χ2v) is 8.77. The van der Waals surface area contributed by atoms with Crippen molar-refractivity contribution in [3.05, 3.63) is 65.7 Å². The molecule has 5 nitrogen and oxygen atoms in total. The Morgan fingerprint density at radius 1 is 1.25 bits per heavy atom. The van der Waals surface area contributed by atoms with Crippen LogP contribution in [0.3, 0.4) is 0 Å². The molecule has 1 aliphatic heterocycles. The van der Waals surface area contributed by atoms with Gasteiger partial charge in [0.2, 0.25) is 11.8 Å². The van der Waals surface area contributed by atoms with E-state index in [2.05, 4.69) is 5.32 Å². The molecule has 2 amide bonds. The molecule has 7 heteroatoms. The summed E-state index contributed by atoms with van der Waals surface area (Å²) in [5.74, 6) is 1.68. The van der Waals surface area contributed by atoms with Gasteiger partial charge in [-0.2, -0.15) is 5.26 Å². The number of hydrogen-bond acceptors (Lipinski definition) is 5. The predicted octanol–water partition coefficient (Wildman–Crippen LogP) is 3.72. The molecule has 2 atom stereocenters. The van der Waals surface area contributed by atoms with E-state index >= 15 is 0 Å². The van der Waals surface area contributed by atoms with E-state index in [4.69, 9.17) is 5.26 Å². The van der Waals surface area contributed by atoms with E-state index in [1.807, 2.05) is 43.3 Å². The number of nitrogens with one attached hydrogen (secondary N) is 1. The second kappa shape index (κ2) is 9.67. The molecule has 2 unspecified atom stereocenters. The van der Waals surface area contributed by atoms with Crippen molar-refractivity contribution >= 4 is 41.0 Å². The van der Waals surface area contributed by atoms with Crippen LogP contribution in [0.4, 0.5) is 5.69 Å². The van der Waals surface area contributed by atoms with Gasteiger partial charge in [0.15, 0.2) is 0 Å². The summed E-state index contributed by atoms with van der Waals surface area (Å²) in [7, 11) is 0. The highest BCUT2D eigenvalue weighted by molar-refractivity contribution is 8.00. The lowest BCUT2D eigenvalue weighted by atomic mass is 10.2. The summed E-state index contributed by atoms with van der Waals surface area (Å²) < 4.78 is 0. The topological polar surface area (TPSA) is 73.2 Å². The highest BCUT2D eigenvalue weighted by Crippen LogP contribution is 2.27. The minimum absolute atomic E-state index is 0.00842. The van der Waals surface area contributed by atoms with E-state index in [1.54, 1.807) is 52.7 Å². The quantitative estimate of drug-likeness (QED) is 0.784. The molecular weight excluding hydrogens is 390 g/mol. The lowest BCUT2D eigenvalue weighted by Gasteiger charge is -2.25. The molecule has 0 spiro atoms. The van der Waals surface area contributed by atoms with Gasteiger partial charge in [-0.3, -0.25) is 9.59 Å². The van der Waals surface area contributed by atoms with E-state index in [0.29, 0.717) is 22.9 Å². The number of anilines is 1. The Morgan fingerprint density at radius 2 is 1.96 bits per heavy atom. The van der Waals surface area contributed by atoms with E-state index in [0.717, 1.165) is 5.75 Å². The molecule has 2 aromatic carbocycles. The first-order valence-electron chi connectivity index (χ1n) is 8.93. The largest absolute Gasteiger partial charge is 0.324 e. The normalized spacial score (nSPS) is 17.0. The third-order valence-corrected chi connectivity index (χ3v) is 6.65. The van der Waals surface area contributed by atoms with Gasteiger partial charge in [0.05, 0.1) is 22.8 Å². The minimum Gasteiger partial charge on any atom is -0.324 e. The Hall–Kier alpha value is -2.43. The van der Waals surface area contributed by atoms with Crippen molar-refractivity contribution in [2.75, 3.05) is 16.9 Å². The molecule has 0 saturated carbocycles. The summed E-state index contributed by atoms with van der Waals surface area (Å²) in [5.41, 5.74) is 2.34. The monoisotopic (exact) mass is 411 g/mol. The van der Waals surface area contributed by atoms with Gasteiger partial charge in [-0.1, -0.05) is 30.3 Å². The van der Waals surface area contributed by atoms with Crippen LogP contribution in [-0.2, 0) is 15.3 Å². The number of thioether (sulfide) groups is 2. The molecule has 1 N–H and O–H groups in total. The van der Waals surface area contributed by atoms with Gasteiger partial charge in [-0.05, 0) is 36.8 Å². The van der Waals surface area contributed by atoms with E-state index in [9.17, 15) is 9.59 Å². The van der Waals surface area contributed by atoms with Crippen molar-refractivity contribution in [2.45, 2.75) is 24.0 Å². The van der Waals surface area contributed by atoms with Crippen LogP contribution < -0.4 is 5.32 Å². The second-order valence-electron chi connectivity index (χ2n) is 6.44.